The molecule has 1 aromatic carbocycles. The number of pyridine rings is 2. The Morgan fingerprint density at radius 2 is 2.04 bits per heavy atom. The molecule has 0 bridgehead atoms. The predicted molar refractivity (Wildman–Crippen MR) is 110 cm³/mol. The summed E-state index contributed by atoms with van der Waals surface area (Å²) in [6.45, 7) is 2.80. The predicted octanol–water partition coefficient (Wildman–Crippen LogP) is 2.91. The zero-order valence-corrected chi connectivity index (χ0v) is 15.4. The Kier molecular flexibility index (Phi) is 3.79. The molecule has 6 heteroatoms. The zero-order valence-electron chi connectivity index (χ0n) is 17.4. The lowest BCUT2D eigenvalue weighted by Crippen LogP contribution is -2.37. The maximum atomic E-state index is 13.2. The number of nitrogens with zero attached hydrogens (tertiary/aromatic N) is 3. The zero-order chi connectivity index (χ0) is 20.7. The van der Waals surface area contributed by atoms with E-state index in [2.05, 4.69) is 9.97 Å². The van der Waals surface area contributed by atoms with E-state index >= 15 is 0 Å². The summed E-state index contributed by atoms with van der Waals surface area (Å²) in [7, 11) is 0. The third-order valence-electron chi connectivity index (χ3n) is 5.24. The van der Waals surface area contributed by atoms with Crippen molar-refractivity contribution in [2.45, 2.75) is 13.0 Å². The van der Waals surface area contributed by atoms with E-state index < -0.39 is 0 Å². The Morgan fingerprint density at radius 1 is 1.18 bits per heavy atom. The van der Waals surface area contributed by atoms with Gasteiger partial charge in [0, 0.05) is 49.5 Å². The number of benzene rings is 1. The van der Waals surface area contributed by atoms with Gasteiger partial charge in [-0.25, -0.2) is 0 Å². The highest BCUT2D eigenvalue weighted by Crippen LogP contribution is 2.29. The molecule has 2 aromatic rings. The van der Waals surface area contributed by atoms with Gasteiger partial charge in [-0.3, -0.25) is 9.78 Å². The number of para-hydroxylation sites is 1. The Labute approximate surface area is 165 Å². The molecule has 0 amide bonds. The first-order valence-electron chi connectivity index (χ1n) is 10.5. The molecule has 0 aliphatic carbocycles. The van der Waals surface area contributed by atoms with Crippen molar-refractivity contribution in [1.29, 1.82) is 0 Å². The summed E-state index contributed by atoms with van der Waals surface area (Å²) in [5.41, 5.74) is 3.32. The van der Waals surface area contributed by atoms with Crippen LogP contribution in [-0.4, -0.2) is 40.8 Å². The number of nitrogens with one attached hydrogen (secondary N) is 1. The van der Waals surface area contributed by atoms with Gasteiger partial charge in [0.2, 0.25) is 0 Å². The first-order chi connectivity index (χ1) is 14.6. The number of morpholine rings is 1. The van der Waals surface area contributed by atoms with E-state index in [-0.39, 0.29) is 17.8 Å². The van der Waals surface area contributed by atoms with Crippen LogP contribution in [0.3, 0.4) is 0 Å². The largest absolute Gasteiger partial charge is 0.378 e. The first kappa shape index (κ1) is 14.9. The molecule has 3 aliphatic heterocycles. The minimum absolute atomic E-state index is 0.0114. The lowest BCUT2D eigenvalue weighted by molar-refractivity contribution is 0.122. The molecule has 0 unspecified atom stereocenters. The highest BCUT2D eigenvalue weighted by Gasteiger charge is 2.22. The van der Waals surface area contributed by atoms with Crippen LogP contribution in [0.25, 0.3) is 22.2 Å². The molecule has 4 heterocycles. The summed E-state index contributed by atoms with van der Waals surface area (Å²) >= 11 is 0. The number of aromatic nitrogens is 3. The highest BCUT2D eigenvalue weighted by atomic mass is 16.5. The van der Waals surface area contributed by atoms with E-state index in [1.165, 1.54) is 0 Å². The van der Waals surface area contributed by atoms with Crippen molar-refractivity contribution in [3.8, 4) is 11.3 Å². The van der Waals surface area contributed by atoms with Gasteiger partial charge in [-0.15, -0.1) is 0 Å². The number of aromatic amines is 1. The van der Waals surface area contributed by atoms with Crippen molar-refractivity contribution >= 4 is 16.6 Å². The fraction of sp³-hybridized carbons (Fsp3) is 0.273. The quantitative estimate of drug-likeness (QED) is 0.595. The molecule has 142 valence electrons. The molecular weight excluding hydrogens is 352 g/mol. The van der Waals surface area contributed by atoms with Gasteiger partial charge in [0.25, 0.3) is 5.56 Å². The minimum atomic E-state index is -0.142. The molecule has 0 spiro atoms. The van der Waals surface area contributed by atoms with Crippen LogP contribution in [0.4, 0.5) is 5.69 Å². The van der Waals surface area contributed by atoms with Gasteiger partial charge in [-0.05, 0) is 18.2 Å². The van der Waals surface area contributed by atoms with Gasteiger partial charge in [0.1, 0.15) is 0 Å². The molecule has 3 aliphatic rings. The smallest absolute Gasteiger partial charge is 0.262 e. The molecule has 1 N–H and O–H groups in total. The van der Waals surface area contributed by atoms with Crippen molar-refractivity contribution in [2.24, 2.45) is 0 Å². The second kappa shape index (κ2) is 7.13. The third kappa shape index (κ3) is 3.05. The van der Waals surface area contributed by atoms with Gasteiger partial charge >= 0.3 is 0 Å². The summed E-state index contributed by atoms with van der Waals surface area (Å²) in [6.07, 6.45) is 2.38. The van der Waals surface area contributed by atoms with Crippen LogP contribution in [-0.2, 0) is 17.7 Å². The maximum absolute atomic E-state index is 13.2. The normalized spacial score (nSPS) is 15.8. The van der Waals surface area contributed by atoms with E-state index in [0.29, 0.717) is 56.2 Å². The molecule has 0 radical (unpaired) electrons. The molecule has 6 nitrogen and oxygen atoms in total. The second-order valence-electron chi connectivity index (χ2n) is 6.98. The lowest BCUT2D eigenvalue weighted by Gasteiger charge is -2.29. The average Bonchev–Trinajstić information content (AvgIpc) is 3.08. The number of hydrogen-bond acceptors (Lipinski definition) is 4. The monoisotopic (exact) mass is 376 g/mol. The van der Waals surface area contributed by atoms with E-state index in [1.807, 2.05) is 41.3 Å². The molecule has 28 heavy (non-hydrogen) atoms. The molecule has 5 rings (SSSR count). The summed E-state index contributed by atoms with van der Waals surface area (Å²) in [6, 6.07) is 12.1. The topological polar surface area (TPSA) is 63.2 Å². The summed E-state index contributed by atoms with van der Waals surface area (Å²) in [4.78, 5) is 22.8. The van der Waals surface area contributed by atoms with Gasteiger partial charge in [0.05, 0.1) is 38.4 Å². The van der Waals surface area contributed by atoms with Crippen molar-refractivity contribution < 1.29 is 7.48 Å². The van der Waals surface area contributed by atoms with Crippen LogP contribution in [0, 0.1) is 0 Å². The molecular formula is C22H22N4O2. The lowest BCUT2D eigenvalue weighted by atomic mass is 10.1. The number of fused-ring (bicyclic) bond motifs is 2. The Balaban J connectivity index is 1.49. The van der Waals surface area contributed by atoms with Crippen molar-refractivity contribution in [2.75, 3.05) is 31.2 Å². The first-order valence-corrected chi connectivity index (χ1v) is 9.51. The van der Waals surface area contributed by atoms with Crippen molar-refractivity contribution in [1.82, 2.24) is 14.5 Å². The summed E-state index contributed by atoms with van der Waals surface area (Å²) in [5.74, 6) is 0. The molecule has 0 saturated carbocycles. The van der Waals surface area contributed by atoms with Crippen LogP contribution in [0.5, 0.6) is 0 Å². The van der Waals surface area contributed by atoms with Crippen LogP contribution in [0.15, 0.2) is 59.6 Å². The summed E-state index contributed by atoms with van der Waals surface area (Å²) in [5, 5.41) is 1.09. The molecule has 0 atom stereocenters. The number of rotatable bonds is 4. The van der Waals surface area contributed by atoms with Crippen LogP contribution in [0.2, 0.25) is 0 Å². The number of ether oxygens (including phenoxy) is 1. The van der Waals surface area contributed by atoms with Gasteiger partial charge in [0.15, 0.2) is 0 Å². The SMILES string of the molecule is [2H]c1[nH]c2cn(CCc3ccc4ccccc4n3)c(=O)c-2c(N2CCOCC2)c1[2H]. The van der Waals surface area contributed by atoms with E-state index in [4.69, 9.17) is 7.48 Å². The van der Waals surface area contributed by atoms with Crippen molar-refractivity contribution in [3.63, 3.8) is 0 Å². The maximum Gasteiger partial charge on any atom is 0.262 e. The van der Waals surface area contributed by atoms with Gasteiger partial charge < -0.3 is 19.2 Å². The molecule has 1 saturated heterocycles. The van der Waals surface area contributed by atoms with E-state index in [1.54, 1.807) is 10.8 Å². The van der Waals surface area contributed by atoms with Crippen LogP contribution >= 0.6 is 0 Å². The van der Waals surface area contributed by atoms with E-state index in [0.717, 1.165) is 16.6 Å². The number of anilines is 1. The number of aryl methyl sites for hydroxylation is 2. The number of H-pyrrole nitrogens is 1. The minimum Gasteiger partial charge on any atom is -0.378 e. The van der Waals surface area contributed by atoms with E-state index in [9.17, 15) is 4.79 Å². The fourth-order valence-electron chi connectivity index (χ4n) is 3.75. The standard InChI is InChI=1S/C22H22N4O2/c27-22-21-19(23-9-7-20(21)25-11-13-28-14-12-25)15-26(22)10-8-17-6-5-16-3-1-2-4-18(16)24-17/h1-7,9,15,23H,8,10-14H2/i7D,9D. The van der Waals surface area contributed by atoms with Gasteiger partial charge in [-0.1, -0.05) is 24.3 Å². The molecule has 1 aromatic heterocycles. The third-order valence-corrected chi connectivity index (χ3v) is 5.24. The van der Waals surface area contributed by atoms with Crippen LogP contribution < -0.4 is 10.5 Å². The average molecular weight is 376 g/mol. The Bertz CT molecular complexity index is 1240. The highest BCUT2D eigenvalue weighted by molar-refractivity contribution is 5.78. The van der Waals surface area contributed by atoms with Crippen molar-refractivity contribution in [3.05, 3.63) is 70.9 Å². The fourth-order valence-corrected chi connectivity index (χ4v) is 3.75. The Morgan fingerprint density at radius 3 is 2.93 bits per heavy atom. The van der Waals surface area contributed by atoms with Crippen LogP contribution in [0.1, 0.15) is 8.44 Å². The summed E-state index contributed by atoms with van der Waals surface area (Å²) < 4.78 is 23.6. The molecule has 1 fully saturated rings. The second-order valence-corrected chi connectivity index (χ2v) is 6.98. The number of hydrogen-bond donors (Lipinski definition) is 1. The van der Waals surface area contributed by atoms with Gasteiger partial charge in [-0.2, -0.15) is 0 Å². The Hall–Kier alpha value is -3.12.